The summed E-state index contributed by atoms with van der Waals surface area (Å²) in [5.41, 5.74) is 1.37. The SMILES string of the molecule is Cc1ccc(C(=O)N2CCN(c3ccc(Br)cc3[N+](=O)[O-])CC2)cc1F. The number of halogens is 2. The van der Waals surface area contributed by atoms with Gasteiger partial charge in [-0.05, 0) is 36.8 Å². The highest BCUT2D eigenvalue weighted by molar-refractivity contribution is 9.10. The number of aryl methyl sites for hydroxylation is 1. The molecule has 1 aliphatic heterocycles. The largest absolute Gasteiger partial charge is 0.362 e. The van der Waals surface area contributed by atoms with Crippen LogP contribution in [0.3, 0.4) is 0 Å². The van der Waals surface area contributed by atoms with E-state index in [1.54, 1.807) is 36.1 Å². The molecule has 0 radical (unpaired) electrons. The topological polar surface area (TPSA) is 66.7 Å². The summed E-state index contributed by atoms with van der Waals surface area (Å²) in [6, 6.07) is 9.40. The Balaban J connectivity index is 1.72. The van der Waals surface area contributed by atoms with E-state index in [0.29, 0.717) is 47.5 Å². The summed E-state index contributed by atoms with van der Waals surface area (Å²) in [4.78, 5) is 27.0. The van der Waals surface area contributed by atoms with Crippen LogP contribution in [0, 0.1) is 22.9 Å². The lowest BCUT2D eigenvalue weighted by Crippen LogP contribution is -2.49. The molecule has 0 saturated carbocycles. The van der Waals surface area contributed by atoms with Gasteiger partial charge < -0.3 is 9.80 Å². The van der Waals surface area contributed by atoms with E-state index in [1.807, 2.05) is 4.90 Å². The molecule has 0 bridgehead atoms. The number of nitro groups is 1. The van der Waals surface area contributed by atoms with Gasteiger partial charge in [-0.1, -0.05) is 22.0 Å². The van der Waals surface area contributed by atoms with Gasteiger partial charge in [-0.2, -0.15) is 0 Å². The van der Waals surface area contributed by atoms with Gasteiger partial charge >= 0.3 is 0 Å². The van der Waals surface area contributed by atoms with Crippen molar-refractivity contribution < 1.29 is 14.1 Å². The number of benzene rings is 2. The Morgan fingerprint density at radius 1 is 1.15 bits per heavy atom. The molecule has 1 saturated heterocycles. The van der Waals surface area contributed by atoms with E-state index in [9.17, 15) is 19.3 Å². The lowest BCUT2D eigenvalue weighted by Gasteiger charge is -2.35. The third kappa shape index (κ3) is 3.70. The average Bonchev–Trinajstić information content (AvgIpc) is 2.63. The number of anilines is 1. The predicted octanol–water partition coefficient (Wildman–Crippen LogP) is 3.77. The molecule has 0 aromatic heterocycles. The van der Waals surface area contributed by atoms with Crippen molar-refractivity contribution >= 4 is 33.2 Å². The third-order valence-electron chi connectivity index (χ3n) is 4.46. The van der Waals surface area contributed by atoms with Crippen LogP contribution in [0.4, 0.5) is 15.8 Å². The first-order valence-corrected chi connectivity index (χ1v) is 8.90. The van der Waals surface area contributed by atoms with Gasteiger partial charge in [0, 0.05) is 42.3 Å². The number of rotatable bonds is 3. The molecule has 0 aliphatic carbocycles. The Bertz CT molecular complexity index is 867. The molecule has 1 heterocycles. The zero-order chi connectivity index (χ0) is 18.8. The Morgan fingerprint density at radius 2 is 1.85 bits per heavy atom. The number of carbonyl (C=O) groups is 1. The van der Waals surface area contributed by atoms with Gasteiger partial charge in [-0.3, -0.25) is 14.9 Å². The van der Waals surface area contributed by atoms with Gasteiger partial charge in [0.1, 0.15) is 11.5 Å². The number of carbonyl (C=O) groups excluding carboxylic acids is 1. The van der Waals surface area contributed by atoms with Crippen LogP contribution in [-0.2, 0) is 0 Å². The zero-order valence-electron chi connectivity index (χ0n) is 14.1. The van der Waals surface area contributed by atoms with Crippen molar-refractivity contribution in [2.24, 2.45) is 0 Å². The fourth-order valence-corrected chi connectivity index (χ4v) is 3.32. The van der Waals surface area contributed by atoms with Gasteiger partial charge in [-0.25, -0.2) is 4.39 Å². The van der Waals surface area contributed by atoms with Gasteiger partial charge in [0.15, 0.2) is 0 Å². The van der Waals surface area contributed by atoms with Crippen molar-refractivity contribution in [1.82, 2.24) is 4.90 Å². The molecule has 2 aromatic carbocycles. The first kappa shape index (κ1) is 18.3. The summed E-state index contributed by atoms with van der Waals surface area (Å²) >= 11 is 3.25. The van der Waals surface area contributed by atoms with Crippen LogP contribution in [0.15, 0.2) is 40.9 Å². The van der Waals surface area contributed by atoms with E-state index in [4.69, 9.17) is 0 Å². The van der Waals surface area contributed by atoms with Crippen LogP contribution in [-0.4, -0.2) is 41.9 Å². The van der Waals surface area contributed by atoms with Crippen molar-refractivity contribution in [2.45, 2.75) is 6.92 Å². The molecule has 26 heavy (non-hydrogen) atoms. The maximum Gasteiger partial charge on any atom is 0.293 e. The normalized spacial score (nSPS) is 14.4. The summed E-state index contributed by atoms with van der Waals surface area (Å²) < 4.78 is 14.3. The van der Waals surface area contributed by atoms with Crippen LogP contribution in [0.5, 0.6) is 0 Å². The van der Waals surface area contributed by atoms with Crippen molar-refractivity contribution in [1.29, 1.82) is 0 Å². The standard InChI is InChI=1S/C18H17BrFN3O3/c1-12-2-3-13(10-15(12)20)18(24)22-8-6-21(7-9-22)16-5-4-14(19)11-17(16)23(25)26/h2-5,10-11H,6-9H2,1H3. The second kappa shape index (κ2) is 7.41. The predicted molar refractivity (Wildman–Crippen MR) is 100 cm³/mol. The Morgan fingerprint density at radius 3 is 2.46 bits per heavy atom. The van der Waals surface area contributed by atoms with Crippen LogP contribution in [0.2, 0.25) is 0 Å². The zero-order valence-corrected chi connectivity index (χ0v) is 15.7. The Labute approximate surface area is 158 Å². The average molecular weight is 422 g/mol. The first-order valence-electron chi connectivity index (χ1n) is 8.11. The number of nitro benzene ring substituents is 1. The summed E-state index contributed by atoms with van der Waals surface area (Å²) in [5.74, 6) is -0.631. The highest BCUT2D eigenvalue weighted by Gasteiger charge is 2.26. The van der Waals surface area contributed by atoms with E-state index >= 15 is 0 Å². The smallest absolute Gasteiger partial charge is 0.293 e. The molecule has 136 valence electrons. The number of amides is 1. The van der Waals surface area contributed by atoms with Gasteiger partial charge in [0.25, 0.3) is 11.6 Å². The summed E-state index contributed by atoms with van der Waals surface area (Å²) in [6.07, 6.45) is 0. The number of hydrogen-bond acceptors (Lipinski definition) is 4. The lowest BCUT2D eigenvalue weighted by atomic mass is 10.1. The van der Waals surface area contributed by atoms with E-state index in [1.165, 1.54) is 12.1 Å². The van der Waals surface area contributed by atoms with Crippen molar-refractivity contribution in [3.8, 4) is 0 Å². The van der Waals surface area contributed by atoms with Gasteiger partial charge in [0.2, 0.25) is 0 Å². The second-order valence-corrected chi connectivity index (χ2v) is 7.05. The van der Waals surface area contributed by atoms with Crippen molar-refractivity contribution in [3.05, 3.63) is 67.9 Å². The first-order chi connectivity index (χ1) is 12.4. The molecule has 8 heteroatoms. The lowest BCUT2D eigenvalue weighted by molar-refractivity contribution is -0.384. The quantitative estimate of drug-likeness (QED) is 0.558. The molecule has 0 atom stereocenters. The van der Waals surface area contributed by atoms with Crippen LogP contribution in [0.1, 0.15) is 15.9 Å². The van der Waals surface area contributed by atoms with Crippen molar-refractivity contribution in [2.75, 3.05) is 31.1 Å². The minimum atomic E-state index is -0.410. The summed E-state index contributed by atoms with van der Waals surface area (Å²) in [5, 5.41) is 11.3. The van der Waals surface area contributed by atoms with Gasteiger partial charge in [0.05, 0.1) is 4.92 Å². The molecule has 1 fully saturated rings. The highest BCUT2D eigenvalue weighted by atomic mass is 79.9. The summed E-state index contributed by atoms with van der Waals surface area (Å²) in [7, 11) is 0. The molecule has 3 rings (SSSR count). The van der Waals surface area contributed by atoms with E-state index in [2.05, 4.69) is 15.9 Å². The van der Waals surface area contributed by atoms with Crippen LogP contribution >= 0.6 is 15.9 Å². The number of hydrogen-bond donors (Lipinski definition) is 0. The van der Waals surface area contributed by atoms with Crippen LogP contribution in [0.25, 0.3) is 0 Å². The second-order valence-electron chi connectivity index (χ2n) is 6.13. The molecule has 2 aromatic rings. The number of nitrogens with zero attached hydrogens (tertiary/aromatic N) is 3. The molecular formula is C18H17BrFN3O3. The molecule has 0 spiro atoms. The monoisotopic (exact) mass is 421 g/mol. The summed E-state index contributed by atoms with van der Waals surface area (Å²) in [6.45, 7) is 3.43. The van der Waals surface area contributed by atoms with Crippen LogP contribution < -0.4 is 4.90 Å². The minimum absolute atomic E-state index is 0.0276. The maximum absolute atomic E-state index is 13.7. The fourth-order valence-electron chi connectivity index (χ4n) is 2.97. The molecule has 1 amide bonds. The maximum atomic E-state index is 13.7. The minimum Gasteiger partial charge on any atom is -0.362 e. The van der Waals surface area contributed by atoms with Gasteiger partial charge in [-0.15, -0.1) is 0 Å². The molecule has 0 unspecified atom stereocenters. The van der Waals surface area contributed by atoms with E-state index < -0.39 is 10.7 Å². The van der Waals surface area contributed by atoms with E-state index in [-0.39, 0.29) is 11.6 Å². The van der Waals surface area contributed by atoms with E-state index in [0.717, 1.165) is 0 Å². The Kier molecular flexibility index (Phi) is 5.22. The highest BCUT2D eigenvalue weighted by Crippen LogP contribution is 2.31. The Hall–Kier alpha value is -2.48. The molecule has 6 nitrogen and oxygen atoms in total. The number of piperazine rings is 1. The molecule has 0 N–H and O–H groups in total. The molecular weight excluding hydrogens is 405 g/mol. The molecule has 1 aliphatic rings. The third-order valence-corrected chi connectivity index (χ3v) is 4.95. The fraction of sp³-hybridized carbons (Fsp3) is 0.278. The van der Waals surface area contributed by atoms with Crippen molar-refractivity contribution in [3.63, 3.8) is 0 Å².